The van der Waals surface area contributed by atoms with E-state index in [2.05, 4.69) is 47.8 Å². The average Bonchev–Trinajstić information content (AvgIpc) is 2.88. The molecule has 0 radical (unpaired) electrons. The van der Waals surface area contributed by atoms with E-state index in [0.717, 1.165) is 25.8 Å². The number of likely N-dealkylation sites (N-methyl/N-ethyl adjacent to an activating group) is 1. The van der Waals surface area contributed by atoms with Crippen LogP contribution in [0.5, 0.6) is 0 Å². The van der Waals surface area contributed by atoms with Gasteiger partial charge in [-0.3, -0.25) is 4.79 Å². The predicted molar refractivity (Wildman–Crippen MR) is 90.8 cm³/mol. The first-order valence-corrected chi connectivity index (χ1v) is 8.63. The molecule has 2 aromatic rings. The van der Waals surface area contributed by atoms with E-state index in [1.807, 2.05) is 0 Å². The summed E-state index contributed by atoms with van der Waals surface area (Å²) in [6.07, 6.45) is 5.26. The lowest BCUT2D eigenvalue weighted by Crippen LogP contribution is -2.49. The van der Waals surface area contributed by atoms with Gasteiger partial charge >= 0.3 is 5.97 Å². The summed E-state index contributed by atoms with van der Waals surface area (Å²) in [6, 6.07) is 7.00. The summed E-state index contributed by atoms with van der Waals surface area (Å²) in [5.41, 5.74) is 4.12. The van der Waals surface area contributed by atoms with Crippen molar-refractivity contribution in [1.29, 1.82) is 0 Å². The Morgan fingerprint density at radius 3 is 2.96 bits per heavy atom. The number of carboxylic acids is 1. The van der Waals surface area contributed by atoms with E-state index in [4.69, 9.17) is 0 Å². The van der Waals surface area contributed by atoms with Crippen LogP contribution in [-0.4, -0.2) is 40.2 Å². The molecule has 4 nitrogen and oxygen atoms in total. The third-order valence-electron chi connectivity index (χ3n) is 5.74. The average molecular weight is 312 g/mol. The Hall–Kier alpha value is -1.81. The molecule has 1 N–H and O–H groups in total. The van der Waals surface area contributed by atoms with Crippen molar-refractivity contribution < 1.29 is 9.90 Å². The minimum absolute atomic E-state index is 0.254. The zero-order valence-corrected chi connectivity index (χ0v) is 13.8. The lowest BCUT2D eigenvalue weighted by atomic mass is 9.72. The lowest BCUT2D eigenvalue weighted by molar-refractivity contribution is -0.144. The van der Waals surface area contributed by atoms with E-state index in [1.54, 1.807) is 0 Å². The molecule has 1 fully saturated rings. The van der Waals surface area contributed by atoms with Crippen LogP contribution < -0.4 is 0 Å². The Bertz CT molecular complexity index is 764. The van der Waals surface area contributed by atoms with Crippen LogP contribution in [0.15, 0.2) is 24.4 Å². The lowest BCUT2D eigenvalue weighted by Gasteiger charge is -2.44. The van der Waals surface area contributed by atoms with Gasteiger partial charge in [-0.25, -0.2) is 0 Å². The fourth-order valence-electron chi connectivity index (χ4n) is 4.72. The van der Waals surface area contributed by atoms with Crippen LogP contribution in [0.3, 0.4) is 0 Å². The SMILES string of the molecule is CCCn1cc2c3c(cccc31)C1CC(C(=O)O)CN(C)C1C2. The number of benzene rings is 1. The summed E-state index contributed by atoms with van der Waals surface area (Å²) < 4.78 is 2.38. The Labute approximate surface area is 136 Å². The molecule has 1 saturated heterocycles. The van der Waals surface area contributed by atoms with Crippen LogP contribution in [0.1, 0.15) is 36.8 Å². The number of fused-ring (bicyclic) bond motifs is 2. The van der Waals surface area contributed by atoms with Gasteiger partial charge in [0.1, 0.15) is 0 Å². The van der Waals surface area contributed by atoms with Crippen LogP contribution in [0.4, 0.5) is 0 Å². The van der Waals surface area contributed by atoms with E-state index >= 15 is 0 Å². The van der Waals surface area contributed by atoms with Gasteiger partial charge < -0.3 is 14.6 Å². The molecule has 4 heteroatoms. The number of aromatic nitrogens is 1. The second-order valence-electron chi connectivity index (χ2n) is 7.18. The van der Waals surface area contributed by atoms with Crippen molar-refractivity contribution in [3.05, 3.63) is 35.5 Å². The summed E-state index contributed by atoms with van der Waals surface area (Å²) >= 11 is 0. The zero-order chi connectivity index (χ0) is 16.1. The number of likely N-dealkylation sites (tertiary alicyclic amines) is 1. The van der Waals surface area contributed by atoms with Crippen molar-refractivity contribution >= 4 is 16.9 Å². The minimum atomic E-state index is -0.656. The van der Waals surface area contributed by atoms with Gasteiger partial charge in [-0.2, -0.15) is 0 Å². The van der Waals surface area contributed by atoms with Gasteiger partial charge in [0, 0.05) is 42.1 Å². The van der Waals surface area contributed by atoms with Gasteiger partial charge in [-0.05, 0) is 43.5 Å². The molecule has 3 atom stereocenters. The number of carboxylic acid groups (broad SMARTS) is 1. The monoisotopic (exact) mass is 312 g/mol. The van der Waals surface area contributed by atoms with E-state index in [1.165, 1.54) is 22.0 Å². The molecule has 3 unspecified atom stereocenters. The van der Waals surface area contributed by atoms with E-state index in [9.17, 15) is 9.90 Å². The Balaban J connectivity index is 1.84. The Morgan fingerprint density at radius 1 is 1.39 bits per heavy atom. The molecule has 1 aromatic heterocycles. The van der Waals surface area contributed by atoms with Crippen LogP contribution in [-0.2, 0) is 17.8 Å². The highest BCUT2D eigenvalue weighted by molar-refractivity contribution is 5.89. The molecule has 0 amide bonds. The first-order chi connectivity index (χ1) is 11.1. The van der Waals surface area contributed by atoms with Crippen LogP contribution >= 0.6 is 0 Å². The summed E-state index contributed by atoms with van der Waals surface area (Å²) in [6.45, 7) is 3.92. The van der Waals surface area contributed by atoms with Crippen molar-refractivity contribution in [2.24, 2.45) is 5.92 Å². The fourth-order valence-corrected chi connectivity index (χ4v) is 4.72. The maximum absolute atomic E-state index is 11.5. The number of rotatable bonds is 3. The fraction of sp³-hybridized carbons (Fsp3) is 0.526. The molecular formula is C19H24N2O2. The summed E-state index contributed by atoms with van der Waals surface area (Å²) in [5, 5.41) is 10.9. The van der Waals surface area contributed by atoms with Gasteiger partial charge in [-0.15, -0.1) is 0 Å². The number of nitrogens with zero attached hydrogens (tertiary/aromatic N) is 2. The molecule has 0 saturated carbocycles. The molecule has 122 valence electrons. The Morgan fingerprint density at radius 2 is 2.22 bits per heavy atom. The summed E-state index contributed by atoms with van der Waals surface area (Å²) in [5.74, 6) is -0.573. The number of hydrogen-bond donors (Lipinski definition) is 1. The van der Waals surface area contributed by atoms with Crippen molar-refractivity contribution in [2.75, 3.05) is 13.6 Å². The van der Waals surface area contributed by atoms with Crippen molar-refractivity contribution in [3.8, 4) is 0 Å². The largest absolute Gasteiger partial charge is 0.481 e. The topological polar surface area (TPSA) is 45.5 Å². The smallest absolute Gasteiger partial charge is 0.307 e. The van der Waals surface area contributed by atoms with Crippen LogP contribution in [0.2, 0.25) is 0 Å². The third kappa shape index (κ3) is 2.19. The molecule has 0 spiro atoms. The van der Waals surface area contributed by atoms with Gasteiger partial charge in [0.2, 0.25) is 0 Å². The van der Waals surface area contributed by atoms with Crippen LogP contribution in [0.25, 0.3) is 10.9 Å². The number of aryl methyl sites for hydroxylation is 1. The minimum Gasteiger partial charge on any atom is -0.481 e. The van der Waals surface area contributed by atoms with Crippen LogP contribution in [0, 0.1) is 5.92 Å². The number of carbonyl (C=O) groups is 1. The molecule has 2 heterocycles. The van der Waals surface area contributed by atoms with E-state index < -0.39 is 5.97 Å². The highest BCUT2D eigenvalue weighted by Crippen LogP contribution is 2.44. The molecule has 2 aliphatic rings. The summed E-state index contributed by atoms with van der Waals surface area (Å²) in [7, 11) is 2.08. The number of piperidine rings is 1. The van der Waals surface area contributed by atoms with Crippen molar-refractivity contribution in [2.45, 2.75) is 44.7 Å². The van der Waals surface area contributed by atoms with Crippen molar-refractivity contribution in [1.82, 2.24) is 9.47 Å². The normalized spacial score (nSPS) is 27.1. The molecule has 4 rings (SSSR count). The standard InChI is InChI=1S/C19H24N2O2/c1-3-7-21-11-12-9-17-15(8-13(19(22)23)10-20(17)2)14-5-4-6-16(21)18(12)14/h4-6,11,13,15,17H,3,7-10H2,1-2H3,(H,22,23). The highest BCUT2D eigenvalue weighted by Gasteiger charge is 2.41. The zero-order valence-electron chi connectivity index (χ0n) is 13.8. The maximum Gasteiger partial charge on any atom is 0.307 e. The molecular weight excluding hydrogens is 288 g/mol. The Kier molecular flexibility index (Phi) is 3.45. The molecule has 1 aliphatic carbocycles. The second kappa shape index (κ2) is 5.38. The predicted octanol–water partition coefficient (Wildman–Crippen LogP) is 3.10. The maximum atomic E-state index is 11.5. The molecule has 23 heavy (non-hydrogen) atoms. The van der Waals surface area contributed by atoms with E-state index in [-0.39, 0.29) is 5.92 Å². The van der Waals surface area contributed by atoms with Crippen molar-refractivity contribution in [3.63, 3.8) is 0 Å². The van der Waals surface area contributed by atoms with Gasteiger partial charge in [0.25, 0.3) is 0 Å². The molecule has 1 aromatic carbocycles. The second-order valence-corrected chi connectivity index (χ2v) is 7.18. The third-order valence-corrected chi connectivity index (χ3v) is 5.74. The number of aliphatic carboxylic acids is 1. The quantitative estimate of drug-likeness (QED) is 0.947. The number of hydrogen-bond acceptors (Lipinski definition) is 2. The molecule has 1 aliphatic heterocycles. The highest BCUT2D eigenvalue weighted by atomic mass is 16.4. The van der Waals surface area contributed by atoms with Gasteiger partial charge in [-0.1, -0.05) is 19.1 Å². The first-order valence-electron chi connectivity index (χ1n) is 8.63. The van der Waals surface area contributed by atoms with Gasteiger partial charge in [0.05, 0.1) is 5.92 Å². The molecule has 0 bridgehead atoms. The first kappa shape index (κ1) is 14.8. The summed E-state index contributed by atoms with van der Waals surface area (Å²) in [4.78, 5) is 13.8. The van der Waals surface area contributed by atoms with E-state index in [0.29, 0.717) is 18.5 Å². The van der Waals surface area contributed by atoms with Gasteiger partial charge in [0.15, 0.2) is 0 Å².